The van der Waals surface area contributed by atoms with E-state index in [2.05, 4.69) is 9.47 Å². The van der Waals surface area contributed by atoms with Gasteiger partial charge in [-0.15, -0.1) is 0 Å². The van der Waals surface area contributed by atoms with Crippen molar-refractivity contribution in [3.05, 3.63) is 24.3 Å². The first-order valence-electron chi connectivity index (χ1n) is 3.99. The Morgan fingerprint density at radius 3 is 1.73 bits per heavy atom. The zero-order valence-electron chi connectivity index (χ0n) is 8.51. The van der Waals surface area contributed by atoms with Crippen LogP contribution >= 0.6 is 0 Å². The van der Waals surface area contributed by atoms with Crippen molar-refractivity contribution in [2.24, 2.45) is 0 Å². The Kier molecular flexibility index (Phi) is 7.39. The molecule has 0 saturated heterocycles. The first-order chi connectivity index (χ1) is 7.28. The van der Waals surface area contributed by atoms with Crippen LogP contribution in [0.4, 0.5) is 0 Å². The molecule has 1 rings (SSSR count). The monoisotopic (exact) mass is 212 g/mol. The van der Waals surface area contributed by atoms with Crippen molar-refractivity contribution in [2.75, 3.05) is 14.2 Å². The molecule has 0 N–H and O–H groups in total. The predicted octanol–water partition coefficient (Wildman–Crippen LogP) is 1.02. The quantitative estimate of drug-likeness (QED) is 0.697. The van der Waals surface area contributed by atoms with E-state index < -0.39 is 0 Å². The lowest BCUT2D eigenvalue weighted by atomic mass is 10.3. The van der Waals surface area contributed by atoms with Crippen molar-refractivity contribution in [3.63, 3.8) is 0 Å². The number of methoxy groups -OCH3 is 2. The Morgan fingerprint density at radius 1 is 0.933 bits per heavy atom. The van der Waals surface area contributed by atoms with Gasteiger partial charge in [0.15, 0.2) is 0 Å². The summed E-state index contributed by atoms with van der Waals surface area (Å²) in [5.74, 6) is 1.25. The van der Waals surface area contributed by atoms with E-state index in [1.807, 2.05) is 0 Å². The highest BCUT2D eigenvalue weighted by atomic mass is 16.5. The summed E-state index contributed by atoms with van der Waals surface area (Å²) in [6.45, 7) is 0.766. The number of carbonyl (C=O) groups excluding carboxylic acids is 2. The molecule has 1 aromatic rings. The van der Waals surface area contributed by atoms with Crippen molar-refractivity contribution in [1.29, 1.82) is 0 Å². The number of benzene rings is 1. The highest BCUT2D eigenvalue weighted by Crippen LogP contribution is 2.15. The van der Waals surface area contributed by atoms with Gasteiger partial charge in [0, 0.05) is 0 Å². The van der Waals surface area contributed by atoms with Gasteiger partial charge in [0.2, 0.25) is 0 Å². The minimum absolute atomic E-state index is 0.375. The molecule has 0 heterocycles. The van der Waals surface area contributed by atoms with Gasteiger partial charge < -0.3 is 14.2 Å². The van der Waals surface area contributed by atoms with Crippen LogP contribution in [0, 0.1) is 0 Å². The van der Waals surface area contributed by atoms with Crippen LogP contribution < -0.4 is 9.47 Å². The van der Waals surface area contributed by atoms with Gasteiger partial charge >= 0.3 is 0 Å². The Hall–Kier alpha value is -2.04. The van der Waals surface area contributed by atoms with Crippen LogP contribution in [0.5, 0.6) is 11.5 Å². The molecule has 0 spiro atoms. The van der Waals surface area contributed by atoms with E-state index in [-0.39, 0.29) is 0 Å². The van der Waals surface area contributed by atoms with Gasteiger partial charge in [-0.2, -0.15) is 0 Å². The summed E-state index contributed by atoms with van der Waals surface area (Å²) in [4.78, 5) is 18.8. The lowest BCUT2D eigenvalue weighted by molar-refractivity contribution is -0.126. The molecule has 0 aromatic heterocycles. The molecule has 0 unspecified atom stereocenters. The highest BCUT2D eigenvalue weighted by molar-refractivity contribution is 5.45. The summed E-state index contributed by atoms with van der Waals surface area (Å²) in [6.07, 6.45) is 0. The Bertz CT molecular complexity index is 280. The third-order valence-corrected chi connectivity index (χ3v) is 1.34. The van der Waals surface area contributed by atoms with Gasteiger partial charge in [-0.1, -0.05) is 0 Å². The molecule has 0 radical (unpaired) electrons. The molecule has 15 heavy (non-hydrogen) atoms. The molecule has 0 saturated carbocycles. The zero-order valence-corrected chi connectivity index (χ0v) is 8.51. The second kappa shape index (κ2) is 8.55. The molecular weight excluding hydrogens is 200 g/mol. The second-order valence-corrected chi connectivity index (χ2v) is 2.22. The number of carbonyl (C=O) groups is 2. The van der Waals surface area contributed by atoms with E-state index >= 15 is 0 Å². The second-order valence-electron chi connectivity index (χ2n) is 2.22. The van der Waals surface area contributed by atoms with Crippen molar-refractivity contribution in [2.45, 2.75) is 0 Å². The van der Waals surface area contributed by atoms with E-state index in [1.165, 1.54) is 7.11 Å². The first-order valence-corrected chi connectivity index (χ1v) is 3.99. The maximum atomic E-state index is 9.88. The summed E-state index contributed by atoms with van der Waals surface area (Å²) >= 11 is 0. The normalized spacial score (nSPS) is 7.87. The van der Waals surface area contributed by atoms with Gasteiger partial charge in [-0.3, -0.25) is 9.59 Å². The number of hydrogen-bond acceptors (Lipinski definition) is 5. The zero-order chi connectivity index (χ0) is 11.5. The van der Waals surface area contributed by atoms with Gasteiger partial charge in [0.05, 0.1) is 14.2 Å². The largest absolute Gasteiger partial charge is 0.497 e. The molecule has 82 valence electrons. The topological polar surface area (TPSA) is 61.8 Å². The van der Waals surface area contributed by atoms with Crippen LogP contribution in [0.15, 0.2) is 24.3 Å². The van der Waals surface area contributed by atoms with E-state index in [9.17, 15) is 4.79 Å². The van der Waals surface area contributed by atoms with Gasteiger partial charge in [-0.25, -0.2) is 0 Å². The fraction of sp³-hybridized carbons (Fsp3) is 0.200. The third kappa shape index (κ3) is 6.09. The SMILES string of the molecule is COC=O.COc1ccc(OC=O)cc1. The van der Waals surface area contributed by atoms with Crippen molar-refractivity contribution in [3.8, 4) is 11.5 Å². The van der Waals surface area contributed by atoms with Gasteiger partial charge in [0.1, 0.15) is 11.5 Å². The third-order valence-electron chi connectivity index (χ3n) is 1.34. The minimum Gasteiger partial charge on any atom is -0.497 e. The van der Waals surface area contributed by atoms with Crippen molar-refractivity contribution in [1.82, 2.24) is 0 Å². The lowest BCUT2D eigenvalue weighted by Gasteiger charge is -1.99. The molecule has 0 aliphatic heterocycles. The molecule has 5 nitrogen and oxygen atoms in total. The Balaban J connectivity index is 0.000000423. The smallest absolute Gasteiger partial charge is 0.298 e. The number of ether oxygens (including phenoxy) is 3. The standard InChI is InChI=1S/C8H8O3.C2H4O2/c1-10-7-2-4-8(5-3-7)11-6-9;1-4-2-3/h2-6H,1H3;2H,1H3. The average Bonchev–Trinajstić information content (AvgIpc) is 2.31. The molecule has 5 heteroatoms. The van der Waals surface area contributed by atoms with E-state index in [1.54, 1.807) is 31.4 Å². The Morgan fingerprint density at radius 2 is 1.40 bits per heavy atom. The molecule has 1 aromatic carbocycles. The molecular formula is C10H12O5. The van der Waals surface area contributed by atoms with E-state index in [0.717, 1.165) is 5.75 Å². The summed E-state index contributed by atoms with van der Waals surface area (Å²) in [6, 6.07) is 6.76. The van der Waals surface area contributed by atoms with Gasteiger partial charge in [0.25, 0.3) is 12.9 Å². The van der Waals surface area contributed by atoms with Crippen LogP contribution in [-0.2, 0) is 14.3 Å². The van der Waals surface area contributed by atoms with Crippen LogP contribution in [0.3, 0.4) is 0 Å². The van der Waals surface area contributed by atoms with Crippen LogP contribution in [-0.4, -0.2) is 27.2 Å². The number of rotatable bonds is 4. The summed E-state index contributed by atoms with van der Waals surface area (Å²) in [5, 5.41) is 0. The van der Waals surface area contributed by atoms with Crippen LogP contribution in [0.25, 0.3) is 0 Å². The maximum Gasteiger partial charge on any atom is 0.298 e. The molecule has 0 bridgehead atoms. The summed E-state index contributed by atoms with van der Waals surface area (Å²) in [7, 11) is 2.89. The minimum atomic E-state index is 0.375. The van der Waals surface area contributed by atoms with Gasteiger partial charge in [-0.05, 0) is 24.3 Å². The lowest BCUT2D eigenvalue weighted by Crippen LogP contribution is -1.88. The fourth-order valence-corrected chi connectivity index (χ4v) is 0.710. The summed E-state index contributed by atoms with van der Waals surface area (Å²) in [5.41, 5.74) is 0. The van der Waals surface area contributed by atoms with Crippen LogP contribution in [0.2, 0.25) is 0 Å². The summed E-state index contributed by atoms with van der Waals surface area (Å²) < 4.78 is 13.3. The Labute approximate surface area is 87.6 Å². The molecule has 0 amide bonds. The molecule has 0 atom stereocenters. The van der Waals surface area contributed by atoms with Crippen molar-refractivity contribution >= 4 is 12.9 Å². The maximum absolute atomic E-state index is 9.88. The fourth-order valence-electron chi connectivity index (χ4n) is 0.710. The molecule has 0 aliphatic carbocycles. The first kappa shape index (κ1) is 13.0. The highest BCUT2D eigenvalue weighted by Gasteiger charge is 1.92. The molecule has 0 aliphatic rings. The number of hydrogen-bond donors (Lipinski definition) is 0. The predicted molar refractivity (Wildman–Crippen MR) is 52.8 cm³/mol. The van der Waals surface area contributed by atoms with Crippen LogP contribution in [0.1, 0.15) is 0 Å². The average molecular weight is 212 g/mol. The van der Waals surface area contributed by atoms with Crippen molar-refractivity contribution < 1.29 is 23.8 Å². The van der Waals surface area contributed by atoms with E-state index in [4.69, 9.17) is 9.53 Å². The van der Waals surface area contributed by atoms with E-state index in [0.29, 0.717) is 18.7 Å². The molecule has 0 fully saturated rings.